The minimum absolute atomic E-state index is 0.114. The summed E-state index contributed by atoms with van der Waals surface area (Å²) in [7, 11) is 0. The number of nitrogens with one attached hydrogen (secondary N) is 2. The maximum absolute atomic E-state index is 12.9. The molecule has 0 saturated heterocycles. The van der Waals surface area contributed by atoms with E-state index in [9.17, 15) is 14.9 Å². The number of rotatable bonds is 6. The Labute approximate surface area is 156 Å². The minimum Gasteiger partial charge on any atom is -0.323 e. The summed E-state index contributed by atoms with van der Waals surface area (Å²) in [6.07, 6.45) is 4.42. The van der Waals surface area contributed by atoms with Crippen LogP contribution in [0.4, 0.5) is 11.4 Å². The number of carbonyl (C=O) groups is 1. The standard InChI is InChI=1S/C19H20ClN3O3/c20-16-12-15(23(25)26)10-11-17(16)22-19(24)18(13-6-2-1-3-7-13)21-14-8-4-5-9-14/h1-3,6-7,10-12,14,18,21H,4-5,8-9H2,(H,22,24). The van der Waals surface area contributed by atoms with Crippen molar-refractivity contribution in [1.82, 2.24) is 5.32 Å². The average Bonchev–Trinajstić information content (AvgIpc) is 3.15. The van der Waals surface area contributed by atoms with Crippen molar-refractivity contribution < 1.29 is 9.72 Å². The minimum atomic E-state index is -0.522. The molecule has 1 aliphatic rings. The lowest BCUT2D eigenvalue weighted by Gasteiger charge is -2.23. The summed E-state index contributed by atoms with van der Waals surface area (Å²) < 4.78 is 0. The summed E-state index contributed by atoms with van der Waals surface area (Å²) in [5, 5.41) is 17.2. The van der Waals surface area contributed by atoms with Gasteiger partial charge in [-0.15, -0.1) is 0 Å². The highest BCUT2D eigenvalue weighted by molar-refractivity contribution is 6.34. The van der Waals surface area contributed by atoms with Gasteiger partial charge in [0.1, 0.15) is 6.04 Å². The van der Waals surface area contributed by atoms with Gasteiger partial charge in [0.05, 0.1) is 15.6 Å². The zero-order valence-corrected chi connectivity index (χ0v) is 14.9. The molecule has 26 heavy (non-hydrogen) atoms. The van der Waals surface area contributed by atoms with Crippen molar-refractivity contribution in [1.29, 1.82) is 0 Å². The Balaban J connectivity index is 1.80. The maximum Gasteiger partial charge on any atom is 0.271 e. The zero-order chi connectivity index (χ0) is 18.5. The van der Waals surface area contributed by atoms with Gasteiger partial charge in [-0.05, 0) is 24.5 Å². The predicted molar refractivity (Wildman–Crippen MR) is 101 cm³/mol. The molecule has 3 rings (SSSR count). The predicted octanol–water partition coefficient (Wildman–Crippen LogP) is 4.46. The Bertz CT molecular complexity index is 792. The molecule has 0 bridgehead atoms. The number of hydrogen-bond donors (Lipinski definition) is 2. The van der Waals surface area contributed by atoms with Gasteiger partial charge in [0.25, 0.3) is 5.69 Å². The van der Waals surface area contributed by atoms with Crippen molar-refractivity contribution in [2.24, 2.45) is 0 Å². The van der Waals surface area contributed by atoms with E-state index < -0.39 is 11.0 Å². The second kappa shape index (κ2) is 8.29. The Kier molecular flexibility index (Phi) is 5.85. The van der Waals surface area contributed by atoms with Crippen LogP contribution in [0.25, 0.3) is 0 Å². The third-order valence-corrected chi connectivity index (χ3v) is 4.89. The van der Waals surface area contributed by atoms with E-state index in [2.05, 4.69) is 10.6 Å². The molecule has 136 valence electrons. The number of amides is 1. The molecule has 1 atom stereocenters. The van der Waals surface area contributed by atoms with Crippen LogP contribution in [0.3, 0.4) is 0 Å². The summed E-state index contributed by atoms with van der Waals surface area (Å²) in [5.74, 6) is -0.237. The molecule has 2 aromatic carbocycles. The lowest BCUT2D eigenvalue weighted by molar-refractivity contribution is -0.384. The second-order valence-corrected chi connectivity index (χ2v) is 6.81. The lowest BCUT2D eigenvalue weighted by atomic mass is 10.0. The first-order valence-corrected chi connectivity index (χ1v) is 8.98. The van der Waals surface area contributed by atoms with Crippen LogP contribution in [0, 0.1) is 10.1 Å². The Morgan fingerprint density at radius 1 is 1.15 bits per heavy atom. The normalized spacial score (nSPS) is 15.6. The van der Waals surface area contributed by atoms with Crippen LogP contribution in [-0.2, 0) is 4.79 Å². The largest absolute Gasteiger partial charge is 0.323 e. The highest BCUT2D eigenvalue weighted by Gasteiger charge is 2.26. The fourth-order valence-corrected chi connectivity index (χ4v) is 3.44. The van der Waals surface area contributed by atoms with E-state index in [1.807, 2.05) is 30.3 Å². The van der Waals surface area contributed by atoms with E-state index in [4.69, 9.17) is 11.6 Å². The van der Waals surface area contributed by atoms with Crippen molar-refractivity contribution in [3.8, 4) is 0 Å². The number of anilines is 1. The number of nitro benzene ring substituents is 1. The van der Waals surface area contributed by atoms with Crippen LogP contribution in [0.5, 0.6) is 0 Å². The Morgan fingerprint density at radius 3 is 2.46 bits per heavy atom. The van der Waals surface area contributed by atoms with Crippen molar-refractivity contribution in [3.05, 3.63) is 69.2 Å². The quantitative estimate of drug-likeness (QED) is 0.578. The highest BCUT2D eigenvalue weighted by Crippen LogP contribution is 2.28. The van der Waals surface area contributed by atoms with E-state index in [1.165, 1.54) is 18.2 Å². The molecule has 0 radical (unpaired) electrons. The number of benzene rings is 2. The SMILES string of the molecule is O=C(Nc1ccc([N+](=O)[O-])cc1Cl)C(NC1CCCC1)c1ccccc1. The van der Waals surface area contributed by atoms with Crippen LogP contribution in [-0.4, -0.2) is 16.9 Å². The van der Waals surface area contributed by atoms with Gasteiger partial charge in [0.2, 0.25) is 5.91 Å². The van der Waals surface area contributed by atoms with Crippen LogP contribution in [0.15, 0.2) is 48.5 Å². The fraction of sp³-hybridized carbons (Fsp3) is 0.316. The summed E-state index contributed by atoms with van der Waals surface area (Å²) in [6.45, 7) is 0. The van der Waals surface area contributed by atoms with Crippen molar-refractivity contribution in [2.45, 2.75) is 37.8 Å². The monoisotopic (exact) mass is 373 g/mol. The second-order valence-electron chi connectivity index (χ2n) is 6.40. The fourth-order valence-electron chi connectivity index (χ4n) is 3.22. The van der Waals surface area contributed by atoms with Crippen molar-refractivity contribution in [3.63, 3.8) is 0 Å². The van der Waals surface area contributed by atoms with E-state index >= 15 is 0 Å². The first-order chi connectivity index (χ1) is 12.5. The Morgan fingerprint density at radius 2 is 1.85 bits per heavy atom. The lowest BCUT2D eigenvalue weighted by Crippen LogP contribution is -2.38. The molecule has 2 N–H and O–H groups in total. The first-order valence-electron chi connectivity index (χ1n) is 8.60. The van der Waals surface area contributed by atoms with E-state index in [-0.39, 0.29) is 16.6 Å². The highest BCUT2D eigenvalue weighted by atomic mass is 35.5. The third kappa shape index (κ3) is 4.39. The number of hydrogen-bond acceptors (Lipinski definition) is 4. The van der Waals surface area contributed by atoms with E-state index in [0.29, 0.717) is 11.7 Å². The zero-order valence-electron chi connectivity index (χ0n) is 14.2. The van der Waals surface area contributed by atoms with Gasteiger partial charge >= 0.3 is 0 Å². The third-order valence-electron chi connectivity index (χ3n) is 4.57. The van der Waals surface area contributed by atoms with Gasteiger partial charge < -0.3 is 5.32 Å². The summed E-state index contributed by atoms with van der Waals surface area (Å²) in [4.78, 5) is 23.2. The van der Waals surface area contributed by atoms with Gasteiger partial charge in [-0.3, -0.25) is 20.2 Å². The van der Waals surface area contributed by atoms with E-state index in [1.54, 1.807) is 0 Å². The number of nitro groups is 1. The number of halogens is 1. The molecule has 0 aromatic heterocycles. The van der Waals surface area contributed by atoms with Gasteiger partial charge in [-0.1, -0.05) is 54.8 Å². The van der Waals surface area contributed by atoms with Crippen LogP contribution < -0.4 is 10.6 Å². The van der Waals surface area contributed by atoms with Gasteiger partial charge in [-0.25, -0.2) is 0 Å². The summed E-state index contributed by atoms with van der Waals surface area (Å²) in [5.41, 5.74) is 1.11. The van der Waals surface area contributed by atoms with Crippen LogP contribution in [0.2, 0.25) is 5.02 Å². The molecule has 1 amide bonds. The van der Waals surface area contributed by atoms with Gasteiger partial charge in [-0.2, -0.15) is 0 Å². The van der Waals surface area contributed by atoms with E-state index in [0.717, 1.165) is 31.2 Å². The molecule has 0 spiro atoms. The molecule has 7 heteroatoms. The van der Waals surface area contributed by atoms with Gasteiger partial charge in [0, 0.05) is 18.2 Å². The topological polar surface area (TPSA) is 84.3 Å². The average molecular weight is 374 g/mol. The Hall–Kier alpha value is -2.44. The maximum atomic E-state index is 12.9. The molecule has 6 nitrogen and oxygen atoms in total. The molecule has 2 aromatic rings. The van der Waals surface area contributed by atoms with Crippen molar-refractivity contribution in [2.75, 3.05) is 5.32 Å². The molecular formula is C19H20ClN3O3. The molecular weight excluding hydrogens is 354 g/mol. The first kappa shape index (κ1) is 18.4. The number of non-ortho nitro benzene ring substituents is 1. The summed E-state index contributed by atoms with van der Waals surface area (Å²) >= 11 is 6.10. The molecule has 1 fully saturated rings. The smallest absolute Gasteiger partial charge is 0.271 e. The van der Waals surface area contributed by atoms with Crippen LogP contribution >= 0.6 is 11.6 Å². The molecule has 1 aliphatic carbocycles. The molecule has 0 aliphatic heterocycles. The summed E-state index contributed by atoms with van der Waals surface area (Å²) in [6, 6.07) is 13.3. The molecule has 0 heterocycles. The van der Waals surface area contributed by atoms with Gasteiger partial charge in [0.15, 0.2) is 0 Å². The molecule has 1 saturated carbocycles. The van der Waals surface area contributed by atoms with Crippen molar-refractivity contribution >= 4 is 28.9 Å². The molecule has 1 unspecified atom stereocenters. The number of nitrogens with zero attached hydrogens (tertiary/aromatic N) is 1. The number of carbonyl (C=O) groups excluding carboxylic acids is 1. The van der Waals surface area contributed by atoms with Crippen LogP contribution in [0.1, 0.15) is 37.3 Å².